The van der Waals surface area contributed by atoms with E-state index in [1.807, 2.05) is 37.3 Å². The molecule has 116 valence electrons. The number of hydrogen-bond acceptors (Lipinski definition) is 4. The summed E-state index contributed by atoms with van der Waals surface area (Å²) in [7, 11) is 0. The fourth-order valence-corrected chi connectivity index (χ4v) is 2.32. The van der Waals surface area contributed by atoms with Gasteiger partial charge in [-0.2, -0.15) is 0 Å². The first-order chi connectivity index (χ1) is 10.7. The normalized spacial score (nSPS) is 12.5. The molecule has 0 aliphatic carbocycles. The summed E-state index contributed by atoms with van der Waals surface area (Å²) >= 11 is 0. The van der Waals surface area contributed by atoms with Gasteiger partial charge in [0, 0.05) is 42.8 Å². The average Bonchev–Trinajstić information content (AvgIpc) is 2.55. The van der Waals surface area contributed by atoms with Crippen LogP contribution in [-0.4, -0.2) is 29.4 Å². The monoisotopic (exact) mass is 297 g/mol. The minimum absolute atomic E-state index is 0.0388. The van der Waals surface area contributed by atoms with Gasteiger partial charge in [-0.05, 0) is 45.0 Å². The number of hydrogen-bond donors (Lipinski definition) is 1. The molecule has 0 aliphatic heterocycles. The fraction of sp³-hybridized carbons (Fsp3) is 0.333. The second-order valence-electron chi connectivity index (χ2n) is 5.12. The van der Waals surface area contributed by atoms with Gasteiger partial charge >= 0.3 is 0 Å². The molecule has 0 unspecified atom stereocenters. The molecule has 0 aliphatic rings. The summed E-state index contributed by atoms with van der Waals surface area (Å²) in [4.78, 5) is 11.0. The van der Waals surface area contributed by atoms with Crippen molar-refractivity contribution in [2.45, 2.75) is 26.8 Å². The summed E-state index contributed by atoms with van der Waals surface area (Å²) in [5, 5.41) is 10.2. The molecule has 1 aromatic heterocycles. The molecular formula is C18H23N3O. The summed E-state index contributed by atoms with van der Waals surface area (Å²) in [5.74, 6) is 0.251. The Bertz CT molecular complexity index is 621. The topological polar surface area (TPSA) is 48.7 Å². The molecule has 0 bridgehead atoms. The molecule has 0 fully saturated rings. The minimum Gasteiger partial charge on any atom is -0.507 e. The Hall–Kier alpha value is -2.36. The summed E-state index contributed by atoms with van der Waals surface area (Å²) in [6.45, 7) is 8.02. The van der Waals surface area contributed by atoms with Crippen molar-refractivity contribution >= 4 is 11.9 Å². The second-order valence-corrected chi connectivity index (χ2v) is 5.12. The molecule has 0 saturated carbocycles. The zero-order valence-corrected chi connectivity index (χ0v) is 13.4. The first-order valence-electron chi connectivity index (χ1n) is 7.67. The van der Waals surface area contributed by atoms with Crippen LogP contribution in [-0.2, 0) is 0 Å². The molecule has 0 saturated heterocycles. The van der Waals surface area contributed by atoms with Gasteiger partial charge in [0.05, 0.1) is 11.7 Å². The van der Waals surface area contributed by atoms with Crippen molar-refractivity contribution in [1.82, 2.24) is 4.98 Å². The third kappa shape index (κ3) is 3.85. The van der Waals surface area contributed by atoms with Crippen LogP contribution in [0.15, 0.2) is 47.6 Å². The van der Waals surface area contributed by atoms with Crippen molar-refractivity contribution in [3.05, 3.63) is 53.9 Å². The minimum atomic E-state index is -0.0388. The Morgan fingerprint density at radius 1 is 1.23 bits per heavy atom. The number of aromatic hydroxyl groups is 1. The van der Waals surface area contributed by atoms with Gasteiger partial charge in [0.15, 0.2) is 0 Å². The zero-order valence-electron chi connectivity index (χ0n) is 13.4. The molecule has 0 spiro atoms. The molecule has 1 heterocycles. The summed E-state index contributed by atoms with van der Waals surface area (Å²) < 4.78 is 0. The van der Waals surface area contributed by atoms with Gasteiger partial charge in [0.1, 0.15) is 5.75 Å². The van der Waals surface area contributed by atoms with Crippen LogP contribution in [0.25, 0.3) is 0 Å². The molecule has 2 aromatic rings. The van der Waals surface area contributed by atoms with Gasteiger partial charge in [-0.15, -0.1) is 0 Å². The van der Waals surface area contributed by atoms with Crippen LogP contribution < -0.4 is 4.90 Å². The van der Waals surface area contributed by atoms with E-state index in [4.69, 9.17) is 0 Å². The molecule has 0 radical (unpaired) electrons. The van der Waals surface area contributed by atoms with Crippen LogP contribution in [0.3, 0.4) is 0 Å². The van der Waals surface area contributed by atoms with Crippen molar-refractivity contribution in [1.29, 1.82) is 0 Å². The number of phenols is 1. The number of rotatable bonds is 6. The molecule has 1 atom stereocenters. The maximum absolute atomic E-state index is 10.2. The SMILES string of the molecule is CCN(CC)c1ccc(C=N[C@H](C)c2ccccn2)c(O)c1. The number of pyridine rings is 1. The number of aliphatic imine (C=N–C) groups is 1. The van der Waals surface area contributed by atoms with Crippen molar-refractivity contribution in [2.75, 3.05) is 18.0 Å². The van der Waals surface area contributed by atoms with Crippen molar-refractivity contribution in [3.63, 3.8) is 0 Å². The second kappa shape index (κ2) is 7.59. The predicted molar refractivity (Wildman–Crippen MR) is 91.9 cm³/mol. The van der Waals surface area contributed by atoms with Gasteiger partial charge in [0.25, 0.3) is 0 Å². The Balaban J connectivity index is 2.15. The lowest BCUT2D eigenvalue weighted by molar-refractivity contribution is 0.474. The largest absolute Gasteiger partial charge is 0.507 e. The molecule has 22 heavy (non-hydrogen) atoms. The van der Waals surface area contributed by atoms with Gasteiger partial charge in [-0.25, -0.2) is 0 Å². The number of anilines is 1. The maximum Gasteiger partial charge on any atom is 0.126 e. The van der Waals surface area contributed by atoms with E-state index < -0.39 is 0 Å². The Labute approximate surface area is 132 Å². The lowest BCUT2D eigenvalue weighted by Gasteiger charge is -2.21. The lowest BCUT2D eigenvalue weighted by Crippen LogP contribution is -2.21. The van der Waals surface area contributed by atoms with E-state index in [1.165, 1.54) is 0 Å². The van der Waals surface area contributed by atoms with Gasteiger partial charge in [-0.3, -0.25) is 9.98 Å². The molecule has 1 aromatic carbocycles. The summed E-state index contributed by atoms with van der Waals surface area (Å²) in [6.07, 6.45) is 3.47. The van der Waals surface area contributed by atoms with E-state index in [9.17, 15) is 5.11 Å². The Morgan fingerprint density at radius 3 is 2.59 bits per heavy atom. The van der Waals surface area contributed by atoms with Crippen LogP contribution in [0.2, 0.25) is 0 Å². The van der Waals surface area contributed by atoms with E-state index in [0.717, 1.165) is 30.0 Å². The number of benzene rings is 1. The molecule has 4 heteroatoms. The van der Waals surface area contributed by atoms with Crippen molar-refractivity contribution in [3.8, 4) is 5.75 Å². The van der Waals surface area contributed by atoms with E-state index >= 15 is 0 Å². The number of phenolic OH excluding ortho intramolecular Hbond substituents is 1. The maximum atomic E-state index is 10.2. The Morgan fingerprint density at radius 2 is 2.00 bits per heavy atom. The number of nitrogens with zero attached hydrogens (tertiary/aromatic N) is 3. The third-order valence-electron chi connectivity index (χ3n) is 3.70. The van der Waals surface area contributed by atoms with Gasteiger partial charge in [-0.1, -0.05) is 6.07 Å². The van der Waals surface area contributed by atoms with Crippen molar-refractivity contribution in [2.24, 2.45) is 4.99 Å². The fourth-order valence-electron chi connectivity index (χ4n) is 2.32. The van der Waals surface area contributed by atoms with E-state index in [1.54, 1.807) is 18.5 Å². The molecular weight excluding hydrogens is 274 g/mol. The van der Waals surface area contributed by atoms with E-state index in [0.29, 0.717) is 0 Å². The molecule has 4 nitrogen and oxygen atoms in total. The predicted octanol–water partition coefficient (Wildman–Crippen LogP) is 3.81. The highest BCUT2D eigenvalue weighted by atomic mass is 16.3. The van der Waals surface area contributed by atoms with E-state index in [-0.39, 0.29) is 11.8 Å². The third-order valence-corrected chi connectivity index (χ3v) is 3.70. The smallest absolute Gasteiger partial charge is 0.126 e. The van der Waals surface area contributed by atoms with Crippen LogP contribution in [0.4, 0.5) is 5.69 Å². The summed E-state index contributed by atoms with van der Waals surface area (Å²) in [5.41, 5.74) is 2.66. The highest BCUT2D eigenvalue weighted by molar-refractivity contribution is 5.84. The summed E-state index contributed by atoms with van der Waals surface area (Å²) in [6, 6.07) is 11.5. The quantitative estimate of drug-likeness (QED) is 0.825. The first kappa shape index (κ1) is 16.0. The van der Waals surface area contributed by atoms with Crippen LogP contribution in [0.5, 0.6) is 5.75 Å². The first-order valence-corrected chi connectivity index (χ1v) is 7.67. The lowest BCUT2D eigenvalue weighted by atomic mass is 10.1. The average molecular weight is 297 g/mol. The zero-order chi connectivity index (χ0) is 15.9. The van der Waals surface area contributed by atoms with Gasteiger partial charge in [0.2, 0.25) is 0 Å². The van der Waals surface area contributed by atoms with E-state index in [2.05, 4.69) is 28.7 Å². The van der Waals surface area contributed by atoms with Crippen molar-refractivity contribution < 1.29 is 5.11 Å². The van der Waals surface area contributed by atoms with Gasteiger partial charge < -0.3 is 10.0 Å². The number of aromatic nitrogens is 1. The van der Waals surface area contributed by atoms with Crippen LogP contribution in [0, 0.1) is 0 Å². The molecule has 0 amide bonds. The highest BCUT2D eigenvalue weighted by Crippen LogP contribution is 2.24. The Kier molecular flexibility index (Phi) is 5.53. The van der Waals surface area contributed by atoms with Crippen LogP contribution >= 0.6 is 0 Å². The van der Waals surface area contributed by atoms with Crippen LogP contribution in [0.1, 0.15) is 38.1 Å². The highest BCUT2D eigenvalue weighted by Gasteiger charge is 2.07. The molecule has 2 rings (SSSR count). The standard InChI is InChI=1S/C18H23N3O/c1-4-21(5-2)16-10-9-15(18(22)12-16)13-20-14(3)17-8-6-7-11-19-17/h6-14,22H,4-5H2,1-3H3/t14-/m1/s1. The molecule has 1 N–H and O–H groups in total.